The highest BCUT2D eigenvalue weighted by atomic mass is 32.2. The van der Waals surface area contributed by atoms with Crippen molar-refractivity contribution in [2.24, 2.45) is 0 Å². The maximum absolute atomic E-state index is 12.3. The fraction of sp³-hybridized carbons (Fsp3) is 0.318. The first-order valence-corrected chi connectivity index (χ1v) is 10.6. The summed E-state index contributed by atoms with van der Waals surface area (Å²) in [7, 11) is 0. The summed E-state index contributed by atoms with van der Waals surface area (Å²) in [6.45, 7) is 6.49. The van der Waals surface area contributed by atoms with Crippen molar-refractivity contribution >= 4 is 23.4 Å². The molecule has 1 heterocycles. The lowest BCUT2D eigenvalue weighted by Gasteiger charge is -2.13. The molecule has 0 saturated heterocycles. The van der Waals surface area contributed by atoms with E-state index < -0.39 is 0 Å². The highest BCUT2D eigenvalue weighted by Gasteiger charge is 2.12. The van der Waals surface area contributed by atoms with Crippen LogP contribution < -0.4 is 10.1 Å². The average Bonchev–Trinajstić information content (AvgIpc) is 3.19. The van der Waals surface area contributed by atoms with Gasteiger partial charge in [0, 0.05) is 5.69 Å². The van der Waals surface area contributed by atoms with Gasteiger partial charge < -0.3 is 14.5 Å². The molecule has 6 nitrogen and oxygen atoms in total. The standard InChI is InChI=1S/C22H25N3O3S/c1-4-16-9-11-17(12-10-16)27-13-21-24-25-22(28-21)29-14-20(26)23-19-8-6-5-7-18(19)15(2)3/h5-12,15H,4,13-14H2,1-3H3,(H,23,26). The molecule has 0 spiro atoms. The van der Waals surface area contributed by atoms with Crippen LogP contribution in [0.2, 0.25) is 0 Å². The lowest BCUT2D eigenvalue weighted by Crippen LogP contribution is -2.15. The molecule has 3 aromatic rings. The van der Waals surface area contributed by atoms with Gasteiger partial charge in [-0.05, 0) is 41.7 Å². The molecule has 3 rings (SSSR count). The summed E-state index contributed by atoms with van der Waals surface area (Å²) >= 11 is 1.20. The zero-order chi connectivity index (χ0) is 20.6. The first-order valence-electron chi connectivity index (χ1n) is 9.61. The fourth-order valence-corrected chi connectivity index (χ4v) is 3.33. The minimum absolute atomic E-state index is 0.116. The van der Waals surface area contributed by atoms with Crippen molar-refractivity contribution in [1.29, 1.82) is 0 Å². The van der Waals surface area contributed by atoms with E-state index in [0.29, 0.717) is 17.0 Å². The summed E-state index contributed by atoms with van der Waals surface area (Å²) in [5, 5.41) is 11.2. The summed E-state index contributed by atoms with van der Waals surface area (Å²) in [4.78, 5) is 12.3. The average molecular weight is 412 g/mol. The van der Waals surface area contributed by atoms with E-state index in [4.69, 9.17) is 9.15 Å². The normalized spacial score (nSPS) is 10.9. The number of rotatable bonds is 9. The molecule has 0 aliphatic carbocycles. The van der Waals surface area contributed by atoms with Crippen molar-refractivity contribution in [2.45, 2.75) is 44.9 Å². The van der Waals surface area contributed by atoms with E-state index in [9.17, 15) is 4.79 Å². The molecule has 1 amide bonds. The number of para-hydroxylation sites is 1. The molecule has 0 radical (unpaired) electrons. The van der Waals surface area contributed by atoms with E-state index in [1.165, 1.54) is 17.3 Å². The fourth-order valence-electron chi connectivity index (χ4n) is 2.75. The number of nitrogens with one attached hydrogen (secondary N) is 1. The zero-order valence-corrected chi connectivity index (χ0v) is 17.7. The van der Waals surface area contributed by atoms with Crippen LogP contribution in [0.4, 0.5) is 5.69 Å². The Morgan fingerprint density at radius 1 is 1.14 bits per heavy atom. The van der Waals surface area contributed by atoms with Gasteiger partial charge in [0.2, 0.25) is 5.91 Å². The SMILES string of the molecule is CCc1ccc(OCc2nnc(SCC(=O)Nc3ccccc3C(C)C)o2)cc1. The lowest BCUT2D eigenvalue weighted by molar-refractivity contribution is -0.113. The minimum atomic E-state index is -0.116. The number of hydrogen-bond donors (Lipinski definition) is 1. The van der Waals surface area contributed by atoms with Crippen molar-refractivity contribution < 1.29 is 13.9 Å². The number of anilines is 1. The molecule has 1 aromatic heterocycles. The Morgan fingerprint density at radius 3 is 2.62 bits per heavy atom. The number of hydrogen-bond acceptors (Lipinski definition) is 6. The molecule has 1 N–H and O–H groups in total. The van der Waals surface area contributed by atoms with E-state index in [-0.39, 0.29) is 18.3 Å². The van der Waals surface area contributed by atoms with Gasteiger partial charge in [-0.25, -0.2) is 0 Å². The Morgan fingerprint density at radius 2 is 1.90 bits per heavy atom. The van der Waals surface area contributed by atoms with Crippen molar-refractivity contribution in [2.75, 3.05) is 11.1 Å². The van der Waals surface area contributed by atoms with E-state index in [1.54, 1.807) is 0 Å². The maximum atomic E-state index is 12.3. The summed E-state index contributed by atoms with van der Waals surface area (Å²) in [5.41, 5.74) is 3.19. The van der Waals surface area contributed by atoms with Crippen molar-refractivity contribution in [3.63, 3.8) is 0 Å². The van der Waals surface area contributed by atoms with Gasteiger partial charge in [0.15, 0.2) is 6.61 Å². The number of benzene rings is 2. The molecule has 152 valence electrons. The monoisotopic (exact) mass is 411 g/mol. The van der Waals surface area contributed by atoms with Crippen LogP contribution in [0.3, 0.4) is 0 Å². The van der Waals surface area contributed by atoms with E-state index >= 15 is 0 Å². The molecule has 0 atom stereocenters. The minimum Gasteiger partial charge on any atom is -0.484 e. The van der Waals surface area contributed by atoms with Gasteiger partial charge in [0.05, 0.1) is 5.75 Å². The second kappa shape index (κ2) is 10.1. The predicted molar refractivity (Wildman–Crippen MR) is 114 cm³/mol. The Labute approximate surface area is 175 Å². The number of amides is 1. The van der Waals surface area contributed by atoms with Gasteiger partial charge in [-0.2, -0.15) is 0 Å². The predicted octanol–water partition coefficient (Wildman–Crippen LogP) is 5.07. The van der Waals surface area contributed by atoms with Gasteiger partial charge in [-0.1, -0.05) is 62.9 Å². The Balaban J connectivity index is 1.48. The third-order valence-corrected chi connectivity index (χ3v) is 5.14. The van der Waals surface area contributed by atoms with Gasteiger partial charge in [-0.3, -0.25) is 4.79 Å². The highest BCUT2D eigenvalue weighted by molar-refractivity contribution is 7.99. The molecule has 0 fully saturated rings. The molecule has 0 aliphatic heterocycles. The molecule has 0 bridgehead atoms. The van der Waals surface area contributed by atoms with Gasteiger partial charge in [0.1, 0.15) is 5.75 Å². The molecular formula is C22H25N3O3S. The van der Waals surface area contributed by atoms with Crippen LogP contribution in [0.5, 0.6) is 5.75 Å². The highest BCUT2D eigenvalue weighted by Crippen LogP contribution is 2.24. The van der Waals surface area contributed by atoms with Crippen LogP contribution in [0, 0.1) is 0 Å². The lowest BCUT2D eigenvalue weighted by atomic mass is 10.0. The summed E-state index contributed by atoms with van der Waals surface area (Å²) < 4.78 is 11.2. The zero-order valence-electron chi connectivity index (χ0n) is 16.8. The number of carbonyl (C=O) groups is 1. The number of nitrogens with zero attached hydrogens (tertiary/aromatic N) is 2. The number of aryl methyl sites for hydroxylation is 1. The summed E-state index contributed by atoms with van der Waals surface area (Å²) in [6, 6.07) is 15.7. The molecule has 2 aromatic carbocycles. The number of thioether (sulfide) groups is 1. The van der Waals surface area contributed by atoms with Crippen LogP contribution in [-0.2, 0) is 17.8 Å². The van der Waals surface area contributed by atoms with Gasteiger partial charge in [0.25, 0.3) is 11.1 Å². The second-order valence-electron chi connectivity index (χ2n) is 6.83. The third kappa shape index (κ3) is 6.09. The van der Waals surface area contributed by atoms with Gasteiger partial charge in [-0.15, -0.1) is 10.2 Å². The van der Waals surface area contributed by atoms with Crippen molar-refractivity contribution in [3.8, 4) is 5.75 Å². The maximum Gasteiger partial charge on any atom is 0.277 e. The molecule has 29 heavy (non-hydrogen) atoms. The Hall–Kier alpha value is -2.80. The van der Waals surface area contributed by atoms with Crippen molar-refractivity contribution in [1.82, 2.24) is 10.2 Å². The molecular weight excluding hydrogens is 386 g/mol. The van der Waals surface area contributed by atoms with Gasteiger partial charge >= 0.3 is 0 Å². The Bertz CT molecular complexity index is 938. The smallest absolute Gasteiger partial charge is 0.277 e. The Kier molecular flexibility index (Phi) is 7.30. The first-order chi connectivity index (χ1) is 14.0. The van der Waals surface area contributed by atoms with Crippen molar-refractivity contribution in [3.05, 3.63) is 65.5 Å². The molecule has 0 saturated carbocycles. The molecule has 0 unspecified atom stereocenters. The largest absolute Gasteiger partial charge is 0.484 e. The van der Waals surface area contributed by atoms with Crippen LogP contribution in [0.1, 0.15) is 43.7 Å². The second-order valence-corrected chi connectivity index (χ2v) is 7.75. The molecule has 0 aliphatic rings. The number of ether oxygens (including phenoxy) is 1. The number of carbonyl (C=O) groups excluding carboxylic acids is 1. The number of aromatic nitrogens is 2. The van der Waals surface area contributed by atoms with Crippen LogP contribution in [0.15, 0.2) is 58.2 Å². The van der Waals surface area contributed by atoms with E-state index in [1.807, 2.05) is 48.5 Å². The van der Waals surface area contributed by atoms with Crippen LogP contribution in [0.25, 0.3) is 0 Å². The summed E-state index contributed by atoms with van der Waals surface area (Å²) in [5.74, 6) is 1.52. The van der Waals surface area contributed by atoms with Crippen LogP contribution in [-0.4, -0.2) is 21.9 Å². The first kappa shape index (κ1) is 20.9. The van der Waals surface area contributed by atoms with E-state index in [2.05, 4.69) is 36.3 Å². The molecule has 7 heteroatoms. The summed E-state index contributed by atoms with van der Waals surface area (Å²) in [6.07, 6.45) is 0.987. The van der Waals surface area contributed by atoms with Crippen LogP contribution >= 0.6 is 11.8 Å². The third-order valence-electron chi connectivity index (χ3n) is 4.33. The quantitative estimate of drug-likeness (QED) is 0.496. The topological polar surface area (TPSA) is 77.2 Å². The van der Waals surface area contributed by atoms with E-state index in [0.717, 1.165) is 23.4 Å².